The predicted molar refractivity (Wildman–Crippen MR) is 64.8 cm³/mol. The summed E-state index contributed by atoms with van der Waals surface area (Å²) in [5.41, 5.74) is 1.93. The van der Waals surface area contributed by atoms with Gasteiger partial charge < -0.3 is 10.1 Å². The number of anilines is 1. The summed E-state index contributed by atoms with van der Waals surface area (Å²) in [4.78, 5) is 17.2. The number of aromatic nitrogens is 1. The van der Waals surface area contributed by atoms with Crippen LogP contribution < -0.4 is 5.32 Å². The van der Waals surface area contributed by atoms with Crippen LogP contribution in [-0.4, -0.2) is 35.7 Å². The van der Waals surface area contributed by atoms with E-state index in [1.54, 1.807) is 11.1 Å². The molecule has 0 aliphatic carbocycles. The number of cyclic esters (lactones) is 1. The van der Waals surface area contributed by atoms with Crippen LogP contribution in [0.15, 0.2) is 18.3 Å². The Morgan fingerprint density at radius 2 is 2.47 bits per heavy atom. The molecule has 1 aromatic rings. The number of amides is 1. The molecule has 5 heteroatoms. The van der Waals surface area contributed by atoms with E-state index >= 15 is 0 Å². The third-order valence-electron chi connectivity index (χ3n) is 2.59. The molecule has 2 rings (SSSR count). The van der Waals surface area contributed by atoms with Crippen LogP contribution in [0.3, 0.4) is 0 Å². The first kappa shape index (κ1) is 11.7. The number of rotatable bonds is 5. The van der Waals surface area contributed by atoms with Gasteiger partial charge in [-0.05, 0) is 18.6 Å². The standard InChI is InChI=1S/C12H17N3O2/c1-2-4-13-10-3-5-14-11(8-10)9-15-6-7-17-12(15)16/h3,5,8H,2,4,6-7,9H2,1H3,(H,13,14). The van der Waals surface area contributed by atoms with Gasteiger partial charge in [0.2, 0.25) is 0 Å². The maximum Gasteiger partial charge on any atom is 0.410 e. The Balaban J connectivity index is 1.98. The molecule has 1 aliphatic heterocycles. The van der Waals surface area contributed by atoms with Gasteiger partial charge in [-0.1, -0.05) is 6.92 Å². The van der Waals surface area contributed by atoms with Gasteiger partial charge >= 0.3 is 6.09 Å². The number of pyridine rings is 1. The Labute approximate surface area is 101 Å². The number of hydrogen-bond donors (Lipinski definition) is 1. The van der Waals surface area contributed by atoms with E-state index in [4.69, 9.17) is 4.74 Å². The quantitative estimate of drug-likeness (QED) is 0.846. The molecule has 0 saturated carbocycles. The van der Waals surface area contributed by atoms with Gasteiger partial charge in [0.1, 0.15) is 6.61 Å². The topological polar surface area (TPSA) is 54.5 Å². The van der Waals surface area contributed by atoms with Crippen molar-refractivity contribution in [2.45, 2.75) is 19.9 Å². The van der Waals surface area contributed by atoms with Gasteiger partial charge in [0.15, 0.2) is 0 Å². The zero-order valence-electron chi connectivity index (χ0n) is 9.98. The van der Waals surface area contributed by atoms with E-state index in [0.29, 0.717) is 19.7 Å². The molecule has 1 amide bonds. The van der Waals surface area contributed by atoms with E-state index in [1.165, 1.54) is 0 Å². The summed E-state index contributed by atoms with van der Waals surface area (Å²) in [5, 5.41) is 3.30. The Morgan fingerprint density at radius 1 is 1.59 bits per heavy atom. The minimum Gasteiger partial charge on any atom is -0.448 e. The molecule has 1 aliphatic rings. The molecule has 0 radical (unpaired) electrons. The van der Waals surface area contributed by atoms with E-state index in [2.05, 4.69) is 17.2 Å². The second-order valence-corrected chi connectivity index (χ2v) is 4.00. The molecule has 0 atom stereocenters. The van der Waals surface area contributed by atoms with Crippen LogP contribution in [0.4, 0.5) is 10.5 Å². The smallest absolute Gasteiger partial charge is 0.410 e. The van der Waals surface area contributed by atoms with Crippen LogP contribution >= 0.6 is 0 Å². The van der Waals surface area contributed by atoms with Crippen LogP contribution in [0.1, 0.15) is 19.0 Å². The summed E-state index contributed by atoms with van der Waals surface area (Å²) < 4.78 is 4.88. The van der Waals surface area contributed by atoms with Gasteiger partial charge in [0, 0.05) is 18.4 Å². The third kappa shape index (κ3) is 3.09. The Bertz CT molecular complexity index is 395. The number of nitrogens with one attached hydrogen (secondary N) is 1. The van der Waals surface area contributed by atoms with Crippen LogP contribution in [0.2, 0.25) is 0 Å². The molecule has 0 unspecified atom stereocenters. The van der Waals surface area contributed by atoms with Crippen LogP contribution in [0.5, 0.6) is 0 Å². The van der Waals surface area contributed by atoms with Crippen molar-refractivity contribution < 1.29 is 9.53 Å². The van der Waals surface area contributed by atoms with Gasteiger partial charge in [0.05, 0.1) is 18.8 Å². The average molecular weight is 235 g/mol. The second-order valence-electron chi connectivity index (χ2n) is 4.00. The maximum atomic E-state index is 11.3. The van der Waals surface area contributed by atoms with Crippen molar-refractivity contribution in [3.8, 4) is 0 Å². The maximum absolute atomic E-state index is 11.3. The Kier molecular flexibility index (Phi) is 3.80. The summed E-state index contributed by atoms with van der Waals surface area (Å²) in [6.45, 7) is 4.70. The lowest BCUT2D eigenvalue weighted by atomic mass is 10.3. The number of hydrogen-bond acceptors (Lipinski definition) is 4. The normalized spacial score (nSPS) is 14.9. The van der Waals surface area contributed by atoms with E-state index in [-0.39, 0.29) is 6.09 Å². The van der Waals surface area contributed by atoms with Gasteiger partial charge in [0.25, 0.3) is 0 Å². The molecule has 17 heavy (non-hydrogen) atoms. The minimum absolute atomic E-state index is 0.251. The monoisotopic (exact) mass is 235 g/mol. The van der Waals surface area contributed by atoms with Crippen molar-refractivity contribution in [1.82, 2.24) is 9.88 Å². The highest BCUT2D eigenvalue weighted by Gasteiger charge is 2.22. The molecule has 0 bridgehead atoms. The Morgan fingerprint density at radius 3 is 3.18 bits per heavy atom. The van der Waals surface area contributed by atoms with Crippen LogP contribution in [0.25, 0.3) is 0 Å². The molecule has 0 spiro atoms. The number of carbonyl (C=O) groups excluding carboxylic acids is 1. The third-order valence-corrected chi connectivity index (χ3v) is 2.59. The molecule has 1 N–H and O–H groups in total. The average Bonchev–Trinajstić information content (AvgIpc) is 2.73. The van der Waals surface area contributed by atoms with Crippen molar-refractivity contribution in [2.24, 2.45) is 0 Å². The highest BCUT2D eigenvalue weighted by Crippen LogP contribution is 2.12. The van der Waals surface area contributed by atoms with Gasteiger partial charge in [-0.25, -0.2) is 4.79 Å². The molecule has 0 aromatic carbocycles. The molecular formula is C12H17N3O2. The molecule has 5 nitrogen and oxygen atoms in total. The van der Waals surface area contributed by atoms with Crippen LogP contribution in [-0.2, 0) is 11.3 Å². The van der Waals surface area contributed by atoms with Gasteiger partial charge in [-0.3, -0.25) is 9.88 Å². The molecular weight excluding hydrogens is 218 g/mol. The summed E-state index contributed by atoms with van der Waals surface area (Å²) in [6.07, 6.45) is 2.59. The Hall–Kier alpha value is -1.78. The second kappa shape index (κ2) is 5.52. The zero-order valence-corrected chi connectivity index (χ0v) is 9.98. The molecule has 2 heterocycles. The fraction of sp³-hybridized carbons (Fsp3) is 0.500. The lowest BCUT2D eigenvalue weighted by molar-refractivity contribution is 0.157. The summed E-state index contributed by atoms with van der Waals surface area (Å²) in [6, 6.07) is 3.91. The van der Waals surface area contributed by atoms with Crippen molar-refractivity contribution in [3.05, 3.63) is 24.0 Å². The van der Waals surface area contributed by atoms with Crippen molar-refractivity contribution in [1.29, 1.82) is 0 Å². The molecule has 1 saturated heterocycles. The number of ether oxygens (including phenoxy) is 1. The first-order valence-electron chi connectivity index (χ1n) is 5.90. The van der Waals surface area contributed by atoms with Crippen molar-refractivity contribution in [2.75, 3.05) is 25.0 Å². The van der Waals surface area contributed by atoms with Crippen molar-refractivity contribution >= 4 is 11.8 Å². The lowest BCUT2D eigenvalue weighted by Gasteiger charge is -2.12. The zero-order chi connectivity index (χ0) is 12.1. The first-order valence-corrected chi connectivity index (χ1v) is 5.90. The minimum atomic E-state index is -0.251. The van der Waals surface area contributed by atoms with Crippen molar-refractivity contribution in [3.63, 3.8) is 0 Å². The summed E-state index contributed by atoms with van der Waals surface area (Å²) >= 11 is 0. The highest BCUT2D eigenvalue weighted by molar-refractivity contribution is 5.69. The van der Waals surface area contributed by atoms with E-state index in [0.717, 1.165) is 24.3 Å². The fourth-order valence-electron chi connectivity index (χ4n) is 1.71. The molecule has 92 valence electrons. The predicted octanol–water partition coefficient (Wildman–Crippen LogP) is 1.86. The largest absolute Gasteiger partial charge is 0.448 e. The van der Waals surface area contributed by atoms with Gasteiger partial charge in [-0.2, -0.15) is 0 Å². The lowest BCUT2D eigenvalue weighted by Crippen LogP contribution is -2.24. The fourth-order valence-corrected chi connectivity index (χ4v) is 1.71. The molecule has 1 fully saturated rings. The molecule has 1 aromatic heterocycles. The van der Waals surface area contributed by atoms with Gasteiger partial charge in [-0.15, -0.1) is 0 Å². The SMILES string of the molecule is CCCNc1ccnc(CN2CCOC2=O)c1. The van der Waals surface area contributed by atoms with E-state index in [1.807, 2.05) is 12.1 Å². The summed E-state index contributed by atoms with van der Waals surface area (Å²) in [7, 11) is 0. The highest BCUT2D eigenvalue weighted by atomic mass is 16.6. The van der Waals surface area contributed by atoms with Crippen LogP contribution in [0, 0.1) is 0 Å². The number of nitrogens with zero attached hydrogens (tertiary/aromatic N) is 2. The van der Waals surface area contributed by atoms with E-state index in [9.17, 15) is 4.79 Å². The summed E-state index contributed by atoms with van der Waals surface area (Å²) in [5.74, 6) is 0. The van der Waals surface area contributed by atoms with E-state index < -0.39 is 0 Å². The first-order chi connectivity index (χ1) is 8.29. The number of carbonyl (C=O) groups is 1.